The van der Waals surface area contributed by atoms with E-state index in [2.05, 4.69) is 9.97 Å². The molecule has 1 aromatic carbocycles. The molecule has 0 saturated heterocycles. The third-order valence-corrected chi connectivity index (χ3v) is 3.22. The van der Waals surface area contributed by atoms with Gasteiger partial charge in [0.1, 0.15) is 0 Å². The van der Waals surface area contributed by atoms with Crippen LogP contribution < -0.4 is 5.69 Å². The zero-order valence-corrected chi connectivity index (χ0v) is 8.84. The summed E-state index contributed by atoms with van der Waals surface area (Å²) in [6.07, 6.45) is 1.29. The van der Waals surface area contributed by atoms with E-state index in [0.29, 0.717) is 10.9 Å². The van der Waals surface area contributed by atoms with Crippen LogP contribution in [0, 0.1) is 0 Å². The summed E-state index contributed by atoms with van der Waals surface area (Å²) in [5.74, 6) is 0. The molecule has 0 spiro atoms. The van der Waals surface area contributed by atoms with Gasteiger partial charge in [0.05, 0.1) is 10.4 Å². The third-order valence-electron chi connectivity index (χ3n) is 1.87. The first-order valence-electron chi connectivity index (χ1n) is 3.90. The van der Waals surface area contributed by atoms with Gasteiger partial charge in [-0.25, -0.2) is 18.2 Å². The lowest BCUT2D eigenvalue weighted by Gasteiger charge is -1.98. The number of hydrogen-bond acceptors (Lipinski definition) is 4. The second-order valence-electron chi connectivity index (χ2n) is 2.88. The van der Waals surface area contributed by atoms with Gasteiger partial charge < -0.3 is 4.98 Å². The lowest BCUT2D eigenvalue weighted by molar-refractivity contribution is 0.609. The van der Waals surface area contributed by atoms with E-state index in [1.165, 1.54) is 24.4 Å². The van der Waals surface area contributed by atoms with Gasteiger partial charge in [-0.1, -0.05) is 0 Å². The number of fused-ring (bicyclic) bond motifs is 1. The summed E-state index contributed by atoms with van der Waals surface area (Å²) in [5, 5.41) is 0.510. The van der Waals surface area contributed by atoms with E-state index in [4.69, 9.17) is 10.7 Å². The number of aromatic nitrogens is 2. The second-order valence-corrected chi connectivity index (χ2v) is 5.44. The molecule has 0 saturated carbocycles. The van der Waals surface area contributed by atoms with Crippen LogP contribution in [0.3, 0.4) is 0 Å². The van der Waals surface area contributed by atoms with Crippen molar-refractivity contribution in [2.24, 2.45) is 0 Å². The van der Waals surface area contributed by atoms with E-state index >= 15 is 0 Å². The topological polar surface area (TPSA) is 79.9 Å². The maximum atomic E-state index is 11.0. The molecule has 0 bridgehead atoms. The van der Waals surface area contributed by atoms with Gasteiger partial charge >= 0.3 is 5.69 Å². The Bertz CT molecular complexity index is 678. The van der Waals surface area contributed by atoms with Crippen molar-refractivity contribution >= 4 is 30.6 Å². The molecule has 78 valence electrons. The zero-order valence-electron chi connectivity index (χ0n) is 7.27. The summed E-state index contributed by atoms with van der Waals surface area (Å²) in [5.41, 5.74) is 0.0306. The van der Waals surface area contributed by atoms with Crippen molar-refractivity contribution < 1.29 is 8.42 Å². The van der Waals surface area contributed by atoms with Crippen molar-refractivity contribution in [2.45, 2.75) is 4.90 Å². The summed E-state index contributed by atoms with van der Waals surface area (Å²) < 4.78 is 22.0. The molecule has 0 radical (unpaired) electrons. The lowest BCUT2D eigenvalue weighted by atomic mass is 10.2. The normalized spacial score (nSPS) is 11.8. The van der Waals surface area contributed by atoms with Crippen LogP contribution in [0.5, 0.6) is 0 Å². The SMILES string of the molecule is O=c1ncc2cc(S(=O)(=O)Cl)ccc2[nH]1. The minimum Gasteiger partial charge on any atom is -0.305 e. The Balaban J connectivity index is 2.78. The van der Waals surface area contributed by atoms with Crippen LogP contribution in [0.15, 0.2) is 34.1 Å². The third kappa shape index (κ3) is 2.00. The van der Waals surface area contributed by atoms with Crippen molar-refractivity contribution in [3.8, 4) is 0 Å². The zero-order chi connectivity index (χ0) is 11.1. The van der Waals surface area contributed by atoms with Crippen molar-refractivity contribution in [1.82, 2.24) is 9.97 Å². The molecule has 0 unspecified atom stereocenters. The molecule has 5 nitrogen and oxygen atoms in total. The van der Waals surface area contributed by atoms with Gasteiger partial charge in [-0.2, -0.15) is 0 Å². The molecule has 15 heavy (non-hydrogen) atoms. The lowest BCUT2D eigenvalue weighted by Crippen LogP contribution is -2.08. The Kier molecular flexibility index (Phi) is 2.24. The summed E-state index contributed by atoms with van der Waals surface area (Å²) in [6, 6.07) is 4.13. The number of aromatic amines is 1. The van der Waals surface area contributed by atoms with Crippen molar-refractivity contribution in [1.29, 1.82) is 0 Å². The molecule has 0 fully saturated rings. The van der Waals surface area contributed by atoms with Gasteiger partial charge in [-0.3, -0.25) is 0 Å². The standard InChI is InChI=1S/C8H5ClN2O3S/c9-15(13,14)6-1-2-7-5(3-6)4-10-8(12)11-7/h1-4H,(H,10,11,12). The van der Waals surface area contributed by atoms with E-state index in [1.807, 2.05) is 0 Å². The fourth-order valence-electron chi connectivity index (χ4n) is 1.19. The van der Waals surface area contributed by atoms with Crippen LogP contribution in [-0.2, 0) is 9.05 Å². The Labute approximate surface area is 89.1 Å². The molecule has 7 heteroatoms. The molecule has 0 amide bonds. The average Bonchev–Trinajstić information content (AvgIpc) is 2.15. The summed E-state index contributed by atoms with van der Waals surface area (Å²) in [4.78, 5) is 16.8. The fourth-order valence-corrected chi connectivity index (χ4v) is 1.98. The smallest absolute Gasteiger partial charge is 0.305 e. The number of rotatable bonds is 1. The number of nitrogens with one attached hydrogen (secondary N) is 1. The molecule has 1 N–H and O–H groups in total. The van der Waals surface area contributed by atoms with E-state index < -0.39 is 14.7 Å². The minimum absolute atomic E-state index is 0.0227. The number of nitrogens with zero attached hydrogens (tertiary/aromatic N) is 1. The number of hydrogen-bond donors (Lipinski definition) is 1. The largest absolute Gasteiger partial charge is 0.345 e. The van der Waals surface area contributed by atoms with Crippen molar-refractivity contribution in [3.63, 3.8) is 0 Å². The van der Waals surface area contributed by atoms with Gasteiger partial charge in [0.25, 0.3) is 9.05 Å². The van der Waals surface area contributed by atoms with Gasteiger partial charge in [0.2, 0.25) is 0 Å². The van der Waals surface area contributed by atoms with Gasteiger partial charge in [0.15, 0.2) is 0 Å². The molecular weight excluding hydrogens is 240 g/mol. The van der Waals surface area contributed by atoms with E-state index in [1.54, 1.807) is 0 Å². The van der Waals surface area contributed by atoms with Crippen molar-refractivity contribution in [3.05, 3.63) is 34.9 Å². The highest BCUT2D eigenvalue weighted by atomic mass is 35.7. The first-order valence-corrected chi connectivity index (χ1v) is 6.21. The Morgan fingerprint density at radius 3 is 2.73 bits per heavy atom. The Morgan fingerprint density at radius 2 is 2.07 bits per heavy atom. The number of benzene rings is 1. The van der Waals surface area contributed by atoms with Crippen molar-refractivity contribution in [2.75, 3.05) is 0 Å². The molecule has 1 aromatic heterocycles. The van der Waals surface area contributed by atoms with Crippen LogP contribution in [0.4, 0.5) is 0 Å². The first-order chi connectivity index (χ1) is 6.97. The fraction of sp³-hybridized carbons (Fsp3) is 0. The van der Waals surface area contributed by atoms with E-state index in [0.717, 1.165) is 0 Å². The second kappa shape index (κ2) is 3.32. The highest BCUT2D eigenvalue weighted by molar-refractivity contribution is 8.13. The molecule has 0 aliphatic carbocycles. The molecule has 0 aliphatic rings. The Hall–Kier alpha value is -1.40. The van der Waals surface area contributed by atoms with Crippen LogP contribution in [0.2, 0.25) is 0 Å². The monoisotopic (exact) mass is 244 g/mol. The van der Waals surface area contributed by atoms with Gasteiger partial charge in [-0.15, -0.1) is 0 Å². The minimum atomic E-state index is -3.75. The molecule has 2 rings (SSSR count). The maximum absolute atomic E-state index is 11.0. The average molecular weight is 245 g/mol. The molecule has 1 heterocycles. The first kappa shape index (κ1) is 10.1. The molecule has 0 atom stereocenters. The van der Waals surface area contributed by atoms with Gasteiger partial charge in [-0.05, 0) is 18.2 Å². The van der Waals surface area contributed by atoms with E-state index in [-0.39, 0.29) is 4.90 Å². The molecule has 0 aliphatic heterocycles. The van der Waals surface area contributed by atoms with E-state index in [9.17, 15) is 13.2 Å². The summed E-state index contributed by atoms with van der Waals surface area (Å²) >= 11 is 0. The molecule has 2 aromatic rings. The predicted octanol–water partition coefficient (Wildman–Crippen LogP) is 0.851. The summed E-state index contributed by atoms with van der Waals surface area (Å²) in [7, 11) is 1.42. The highest BCUT2D eigenvalue weighted by Gasteiger charge is 2.10. The summed E-state index contributed by atoms with van der Waals surface area (Å²) in [6.45, 7) is 0. The van der Waals surface area contributed by atoms with Gasteiger partial charge in [0, 0.05) is 22.3 Å². The number of halogens is 1. The highest BCUT2D eigenvalue weighted by Crippen LogP contribution is 2.18. The Morgan fingerprint density at radius 1 is 1.33 bits per heavy atom. The van der Waals surface area contributed by atoms with Crippen LogP contribution in [-0.4, -0.2) is 18.4 Å². The predicted molar refractivity (Wildman–Crippen MR) is 55.4 cm³/mol. The molecular formula is C8H5ClN2O3S. The maximum Gasteiger partial charge on any atom is 0.345 e. The number of H-pyrrole nitrogens is 1. The quantitative estimate of drug-likeness (QED) is 0.755. The van der Waals surface area contributed by atoms with Crippen LogP contribution in [0.1, 0.15) is 0 Å². The van der Waals surface area contributed by atoms with Crippen LogP contribution in [0.25, 0.3) is 10.9 Å². The van der Waals surface area contributed by atoms with Crippen LogP contribution >= 0.6 is 10.7 Å².